The van der Waals surface area contributed by atoms with Crippen molar-refractivity contribution < 1.29 is 0 Å². The minimum Gasteiger partial charge on any atom is -0.286 e. The highest BCUT2D eigenvalue weighted by molar-refractivity contribution is 7.71. The zero-order chi connectivity index (χ0) is 9.90. The molecular formula is C9H17N3S. The number of hydrogen-bond acceptors (Lipinski definition) is 2. The Morgan fingerprint density at radius 1 is 1.54 bits per heavy atom. The third-order valence-electron chi connectivity index (χ3n) is 2.87. The first-order chi connectivity index (χ1) is 6.11. The van der Waals surface area contributed by atoms with E-state index in [4.69, 9.17) is 12.2 Å². The molecule has 0 fully saturated rings. The van der Waals surface area contributed by atoms with E-state index in [1.54, 1.807) is 6.33 Å². The van der Waals surface area contributed by atoms with Crippen molar-refractivity contribution in [2.24, 2.45) is 5.41 Å². The molecule has 3 nitrogen and oxygen atoms in total. The summed E-state index contributed by atoms with van der Waals surface area (Å²) in [5, 5.41) is 3.03. The maximum atomic E-state index is 5.07. The van der Waals surface area contributed by atoms with Gasteiger partial charge < -0.3 is 0 Å². The van der Waals surface area contributed by atoms with E-state index >= 15 is 0 Å². The summed E-state index contributed by atoms with van der Waals surface area (Å²) in [7, 11) is 0. The van der Waals surface area contributed by atoms with Crippen LogP contribution in [0.5, 0.6) is 0 Å². The molecule has 1 aromatic rings. The Labute approximate surface area is 84.2 Å². The molecule has 0 amide bonds. The van der Waals surface area contributed by atoms with Gasteiger partial charge in [-0.05, 0) is 30.5 Å². The zero-order valence-electron chi connectivity index (χ0n) is 8.50. The van der Waals surface area contributed by atoms with Crippen LogP contribution in [-0.4, -0.2) is 14.8 Å². The van der Waals surface area contributed by atoms with E-state index in [-0.39, 0.29) is 0 Å². The van der Waals surface area contributed by atoms with E-state index in [0.717, 1.165) is 19.4 Å². The van der Waals surface area contributed by atoms with Crippen molar-refractivity contribution in [1.82, 2.24) is 14.8 Å². The maximum Gasteiger partial charge on any atom is 0.215 e. The summed E-state index contributed by atoms with van der Waals surface area (Å²) in [6.45, 7) is 7.63. The van der Waals surface area contributed by atoms with E-state index in [0.29, 0.717) is 10.2 Å². The first-order valence-electron chi connectivity index (χ1n) is 4.71. The van der Waals surface area contributed by atoms with Crippen molar-refractivity contribution in [3.63, 3.8) is 0 Å². The molecule has 4 heteroatoms. The molecule has 0 unspecified atom stereocenters. The number of nitrogens with zero attached hydrogens (tertiary/aromatic N) is 2. The SMILES string of the molecule is CCC(C)(CC)Cn1[nH]cnc1=S. The fourth-order valence-corrected chi connectivity index (χ4v) is 1.42. The number of aromatic nitrogens is 3. The molecule has 1 N–H and O–H groups in total. The van der Waals surface area contributed by atoms with Gasteiger partial charge in [-0.3, -0.25) is 9.78 Å². The summed E-state index contributed by atoms with van der Waals surface area (Å²) in [5.41, 5.74) is 0.324. The smallest absolute Gasteiger partial charge is 0.215 e. The van der Waals surface area contributed by atoms with Gasteiger partial charge in [0.05, 0.1) is 0 Å². The minimum atomic E-state index is 0.324. The fraction of sp³-hybridized carbons (Fsp3) is 0.778. The van der Waals surface area contributed by atoms with E-state index < -0.39 is 0 Å². The van der Waals surface area contributed by atoms with Crippen LogP contribution < -0.4 is 0 Å². The molecule has 0 spiro atoms. The number of aromatic amines is 1. The van der Waals surface area contributed by atoms with Gasteiger partial charge in [-0.25, -0.2) is 4.98 Å². The van der Waals surface area contributed by atoms with Crippen LogP contribution in [0.4, 0.5) is 0 Å². The number of nitrogens with one attached hydrogen (secondary N) is 1. The lowest BCUT2D eigenvalue weighted by atomic mass is 9.85. The molecule has 0 saturated carbocycles. The molecule has 0 bridgehead atoms. The van der Waals surface area contributed by atoms with Crippen LogP contribution in [0.25, 0.3) is 0 Å². The Morgan fingerprint density at radius 2 is 2.15 bits per heavy atom. The first kappa shape index (κ1) is 10.4. The highest BCUT2D eigenvalue weighted by Gasteiger charge is 2.20. The highest BCUT2D eigenvalue weighted by atomic mass is 32.1. The van der Waals surface area contributed by atoms with Gasteiger partial charge in [-0.15, -0.1) is 0 Å². The van der Waals surface area contributed by atoms with Crippen molar-refractivity contribution >= 4 is 12.2 Å². The molecule has 74 valence electrons. The predicted octanol–water partition coefficient (Wildman–Crippen LogP) is 2.77. The Kier molecular flexibility index (Phi) is 3.25. The van der Waals surface area contributed by atoms with Crippen LogP contribution in [-0.2, 0) is 6.54 Å². The number of rotatable bonds is 4. The van der Waals surface area contributed by atoms with Gasteiger partial charge in [0.1, 0.15) is 6.33 Å². The molecule has 0 saturated heterocycles. The summed E-state index contributed by atoms with van der Waals surface area (Å²) >= 11 is 5.07. The van der Waals surface area contributed by atoms with Crippen LogP contribution in [0, 0.1) is 10.2 Å². The normalized spacial score (nSPS) is 11.9. The summed E-state index contributed by atoms with van der Waals surface area (Å²) < 4.78 is 2.58. The molecule has 0 atom stereocenters. The largest absolute Gasteiger partial charge is 0.286 e. The molecule has 1 heterocycles. The molecule has 0 aromatic carbocycles. The minimum absolute atomic E-state index is 0.324. The molecule has 13 heavy (non-hydrogen) atoms. The topological polar surface area (TPSA) is 33.6 Å². The number of H-pyrrole nitrogens is 1. The molecule has 0 aliphatic carbocycles. The van der Waals surface area contributed by atoms with Gasteiger partial charge in [0, 0.05) is 6.54 Å². The van der Waals surface area contributed by atoms with Gasteiger partial charge in [0.15, 0.2) is 0 Å². The van der Waals surface area contributed by atoms with Crippen LogP contribution >= 0.6 is 12.2 Å². The van der Waals surface area contributed by atoms with Crippen molar-refractivity contribution in [1.29, 1.82) is 0 Å². The Morgan fingerprint density at radius 3 is 2.54 bits per heavy atom. The maximum absolute atomic E-state index is 5.07. The summed E-state index contributed by atoms with van der Waals surface area (Å²) in [4.78, 5) is 3.99. The number of hydrogen-bond donors (Lipinski definition) is 1. The average molecular weight is 199 g/mol. The second kappa shape index (κ2) is 4.05. The standard InChI is InChI=1S/C9H17N3S/c1-4-9(3,5-2)6-12-8(13)10-7-11-12/h7H,4-6H2,1-3H3,(H,10,11,13). The summed E-state index contributed by atoms with van der Waals surface area (Å²) in [6, 6.07) is 0. The Balaban J connectivity index is 2.79. The van der Waals surface area contributed by atoms with Crippen LogP contribution in [0.1, 0.15) is 33.6 Å². The summed E-state index contributed by atoms with van der Waals surface area (Å²) in [5.74, 6) is 0. The first-order valence-corrected chi connectivity index (χ1v) is 5.12. The van der Waals surface area contributed by atoms with Crippen molar-refractivity contribution in [3.05, 3.63) is 11.1 Å². The highest BCUT2D eigenvalue weighted by Crippen LogP contribution is 2.26. The second-order valence-corrected chi connectivity index (χ2v) is 4.14. The second-order valence-electron chi connectivity index (χ2n) is 3.77. The Hall–Kier alpha value is -0.640. The van der Waals surface area contributed by atoms with Crippen LogP contribution in [0.3, 0.4) is 0 Å². The molecule has 0 aliphatic heterocycles. The molecule has 0 radical (unpaired) electrons. The van der Waals surface area contributed by atoms with Crippen molar-refractivity contribution in [2.45, 2.75) is 40.2 Å². The molecule has 1 rings (SSSR count). The van der Waals surface area contributed by atoms with Gasteiger partial charge in [0.25, 0.3) is 0 Å². The quantitative estimate of drug-likeness (QED) is 0.756. The fourth-order valence-electron chi connectivity index (χ4n) is 1.25. The van der Waals surface area contributed by atoms with E-state index in [1.807, 2.05) is 4.68 Å². The van der Waals surface area contributed by atoms with Crippen LogP contribution in [0.2, 0.25) is 0 Å². The lowest BCUT2D eigenvalue weighted by Gasteiger charge is -2.26. The molecular weight excluding hydrogens is 182 g/mol. The van der Waals surface area contributed by atoms with Gasteiger partial charge >= 0.3 is 0 Å². The Bertz CT molecular complexity index is 309. The van der Waals surface area contributed by atoms with Gasteiger partial charge in [-0.1, -0.05) is 20.8 Å². The van der Waals surface area contributed by atoms with Crippen molar-refractivity contribution in [2.75, 3.05) is 0 Å². The zero-order valence-corrected chi connectivity index (χ0v) is 9.32. The van der Waals surface area contributed by atoms with Gasteiger partial charge in [0.2, 0.25) is 4.77 Å². The molecule has 0 aliphatic rings. The average Bonchev–Trinajstić information content (AvgIpc) is 2.52. The monoisotopic (exact) mass is 199 g/mol. The van der Waals surface area contributed by atoms with E-state index in [2.05, 4.69) is 30.9 Å². The van der Waals surface area contributed by atoms with Crippen molar-refractivity contribution in [3.8, 4) is 0 Å². The lowest BCUT2D eigenvalue weighted by Crippen LogP contribution is -2.22. The summed E-state index contributed by atoms with van der Waals surface area (Å²) in [6.07, 6.45) is 3.96. The third kappa shape index (κ3) is 2.40. The van der Waals surface area contributed by atoms with E-state index in [9.17, 15) is 0 Å². The van der Waals surface area contributed by atoms with Crippen LogP contribution in [0.15, 0.2) is 6.33 Å². The predicted molar refractivity (Wildman–Crippen MR) is 56.1 cm³/mol. The van der Waals surface area contributed by atoms with E-state index in [1.165, 1.54) is 0 Å². The third-order valence-corrected chi connectivity index (χ3v) is 3.19. The lowest BCUT2D eigenvalue weighted by molar-refractivity contribution is 0.237. The van der Waals surface area contributed by atoms with Gasteiger partial charge in [-0.2, -0.15) is 0 Å². The molecule has 1 aromatic heterocycles.